The fourth-order valence-electron chi connectivity index (χ4n) is 7.37. The van der Waals surface area contributed by atoms with Crippen LogP contribution in [0.1, 0.15) is 0 Å². The van der Waals surface area contributed by atoms with E-state index in [1.807, 2.05) is 23.5 Å². The Morgan fingerprint density at radius 2 is 0.882 bits per heavy atom. The van der Waals surface area contributed by atoms with Crippen molar-refractivity contribution < 1.29 is 0 Å². The van der Waals surface area contributed by atoms with Gasteiger partial charge < -0.3 is 0 Å². The van der Waals surface area contributed by atoms with Gasteiger partial charge in [0.2, 0.25) is 0 Å². The lowest BCUT2D eigenvalue weighted by molar-refractivity contribution is 1.18. The van der Waals surface area contributed by atoms with Crippen molar-refractivity contribution >= 4 is 53.1 Å². The Kier molecular flexibility index (Phi) is 7.04. The minimum Gasteiger partial charge on any atom is -0.228 e. The quantitative estimate of drug-likeness (QED) is 0.171. The second-order valence-electron chi connectivity index (χ2n) is 13.0. The van der Waals surface area contributed by atoms with Gasteiger partial charge in [0, 0.05) is 36.9 Å². The van der Waals surface area contributed by atoms with Gasteiger partial charge in [0.25, 0.3) is 0 Å². The van der Waals surface area contributed by atoms with E-state index in [-0.39, 0.29) is 0 Å². The summed E-state index contributed by atoms with van der Waals surface area (Å²) in [6.45, 7) is 0. The first kappa shape index (κ1) is 29.5. The Morgan fingerprint density at radius 1 is 0.314 bits per heavy atom. The number of benzene rings is 8. The first-order valence-corrected chi connectivity index (χ1v) is 18.0. The molecule has 0 aliphatic carbocycles. The van der Waals surface area contributed by atoms with Crippen molar-refractivity contribution in [1.82, 2.24) is 9.97 Å². The van der Waals surface area contributed by atoms with Gasteiger partial charge in [-0.25, -0.2) is 9.97 Å². The molecule has 10 aromatic rings. The lowest BCUT2D eigenvalue weighted by Gasteiger charge is -2.15. The summed E-state index contributed by atoms with van der Waals surface area (Å²) in [5.74, 6) is 0.700. The van der Waals surface area contributed by atoms with E-state index in [0.29, 0.717) is 5.82 Å². The van der Waals surface area contributed by atoms with E-state index in [0.717, 1.165) is 39.2 Å². The molecule has 0 fully saturated rings. The largest absolute Gasteiger partial charge is 0.228 e. The highest BCUT2D eigenvalue weighted by Crippen LogP contribution is 2.41. The van der Waals surface area contributed by atoms with Crippen LogP contribution in [0.3, 0.4) is 0 Å². The number of hydrogen-bond donors (Lipinski definition) is 0. The van der Waals surface area contributed by atoms with Crippen molar-refractivity contribution in [2.24, 2.45) is 0 Å². The number of fused-ring (bicyclic) bond motifs is 6. The molecule has 0 amide bonds. The average molecular weight is 667 g/mol. The SMILES string of the molecule is c1ccc(-c2cc(-c3ccccc3)nc(-c3cc(-c4ccc5sc6ccccc6c5c4)cc(-c4cc5ccccc5c5ccccc45)c3)n2)cc1. The van der Waals surface area contributed by atoms with Crippen molar-refractivity contribution in [3.8, 4) is 56.2 Å². The first-order valence-electron chi connectivity index (χ1n) is 17.2. The molecule has 0 atom stereocenters. The molecule has 0 radical (unpaired) electrons. The van der Waals surface area contributed by atoms with Gasteiger partial charge in [-0.2, -0.15) is 0 Å². The topological polar surface area (TPSA) is 25.8 Å². The van der Waals surface area contributed by atoms with Crippen molar-refractivity contribution in [3.63, 3.8) is 0 Å². The van der Waals surface area contributed by atoms with E-state index in [2.05, 4.69) is 170 Å². The molecule has 2 heterocycles. The molecular weight excluding hydrogens is 637 g/mol. The maximum Gasteiger partial charge on any atom is 0.160 e. The van der Waals surface area contributed by atoms with Gasteiger partial charge in [-0.05, 0) is 92.3 Å². The third-order valence-electron chi connectivity index (χ3n) is 9.85. The van der Waals surface area contributed by atoms with Crippen LogP contribution in [-0.2, 0) is 0 Å². The molecule has 2 nitrogen and oxygen atoms in total. The lowest BCUT2D eigenvalue weighted by Crippen LogP contribution is -1.97. The number of hydrogen-bond acceptors (Lipinski definition) is 3. The van der Waals surface area contributed by atoms with E-state index >= 15 is 0 Å². The maximum atomic E-state index is 5.25. The fraction of sp³-hybridized carbons (Fsp3) is 0. The third kappa shape index (κ3) is 5.27. The zero-order valence-corrected chi connectivity index (χ0v) is 28.4. The standard InChI is InChI=1S/C48H30N2S/c1-3-13-31(14-4-1)44-30-45(32-15-5-2-6-16-32)50-48(49-44)37-26-35(33-23-24-47-43(28-33)41-21-11-12-22-46(41)51-47)25-36(27-37)42-29-34-17-7-8-18-38(34)39-19-9-10-20-40(39)42/h1-30H. The fourth-order valence-corrected chi connectivity index (χ4v) is 8.45. The molecule has 51 heavy (non-hydrogen) atoms. The van der Waals surface area contributed by atoms with Crippen LogP contribution in [0.5, 0.6) is 0 Å². The number of aromatic nitrogens is 2. The van der Waals surface area contributed by atoms with Crippen LogP contribution in [0.15, 0.2) is 182 Å². The van der Waals surface area contributed by atoms with Crippen LogP contribution < -0.4 is 0 Å². The van der Waals surface area contributed by atoms with Crippen LogP contribution >= 0.6 is 11.3 Å². The Balaban J connectivity index is 1.25. The summed E-state index contributed by atoms with van der Waals surface area (Å²) in [6, 6.07) is 65.1. The van der Waals surface area contributed by atoms with Gasteiger partial charge in [0.1, 0.15) is 0 Å². The molecule has 238 valence electrons. The first-order chi connectivity index (χ1) is 25.2. The van der Waals surface area contributed by atoms with E-state index in [9.17, 15) is 0 Å². The minimum absolute atomic E-state index is 0.700. The monoisotopic (exact) mass is 666 g/mol. The number of thiophene rings is 1. The minimum atomic E-state index is 0.700. The second-order valence-corrected chi connectivity index (χ2v) is 14.1. The summed E-state index contributed by atoms with van der Waals surface area (Å²) in [4.78, 5) is 10.5. The van der Waals surface area contributed by atoms with Crippen molar-refractivity contribution in [3.05, 3.63) is 182 Å². The molecule has 0 N–H and O–H groups in total. The Morgan fingerprint density at radius 3 is 1.63 bits per heavy atom. The van der Waals surface area contributed by atoms with Gasteiger partial charge >= 0.3 is 0 Å². The lowest BCUT2D eigenvalue weighted by atomic mass is 9.90. The third-order valence-corrected chi connectivity index (χ3v) is 11.0. The number of rotatable bonds is 5. The summed E-state index contributed by atoms with van der Waals surface area (Å²) < 4.78 is 2.60. The van der Waals surface area contributed by atoms with Crippen LogP contribution in [0.4, 0.5) is 0 Å². The van der Waals surface area contributed by atoms with E-state index in [4.69, 9.17) is 9.97 Å². The smallest absolute Gasteiger partial charge is 0.160 e. The Labute approximate surface area is 300 Å². The molecule has 10 rings (SSSR count). The molecule has 0 saturated carbocycles. The van der Waals surface area contributed by atoms with Gasteiger partial charge in [0.15, 0.2) is 5.82 Å². The van der Waals surface area contributed by atoms with Crippen molar-refractivity contribution in [1.29, 1.82) is 0 Å². The second kappa shape index (κ2) is 12.2. The summed E-state index contributed by atoms with van der Waals surface area (Å²) >= 11 is 1.85. The van der Waals surface area contributed by atoms with Crippen molar-refractivity contribution in [2.75, 3.05) is 0 Å². The Hall–Kier alpha value is -6.42. The molecular formula is C48H30N2S. The van der Waals surface area contributed by atoms with Gasteiger partial charge in [0.05, 0.1) is 11.4 Å². The highest BCUT2D eigenvalue weighted by molar-refractivity contribution is 7.25. The summed E-state index contributed by atoms with van der Waals surface area (Å²) in [5, 5.41) is 7.53. The van der Waals surface area contributed by atoms with Gasteiger partial charge in [-0.3, -0.25) is 0 Å². The molecule has 0 aliphatic rings. The molecule has 0 bridgehead atoms. The average Bonchev–Trinajstić information content (AvgIpc) is 3.59. The molecule has 0 aliphatic heterocycles. The molecule has 0 saturated heterocycles. The number of nitrogens with zero attached hydrogens (tertiary/aromatic N) is 2. The predicted octanol–water partition coefficient (Wildman–Crippen LogP) is 13.5. The zero-order valence-electron chi connectivity index (χ0n) is 27.6. The van der Waals surface area contributed by atoms with Crippen LogP contribution in [0.2, 0.25) is 0 Å². The van der Waals surface area contributed by atoms with Crippen molar-refractivity contribution in [2.45, 2.75) is 0 Å². The van der Waals surface area contributed by atoms with Crippen LogP contribution in [-0.4, -0.2) is 9.97 Å². The molecule has 0 unspecified atom stereocenters. The predicted molar refractivity (Wildman–Crippen MR) is 217 cm³/mol. The highest BCUT2D eigenvalue weighted by Gasteiger charge is 2.16. The highest BCUT2D eigenvalue weighted by atomic mass is 32.1. The normalized spacial score (nSPS) is 11.5. The molecule has 2 aromatic heterocycles. The maximum absolute atomic E-state index is 5.25. The Bertz CT molecular complexity index is 2850. The van der Waals surface area contributed by atoms with E-state index in [1.54, 1.807) is 0 Å². The van der Waals surface area contributed by atoms with Gasteiger partial charge in [-0.1, -0.05) is 133 Å². The van der Waals surface area contributed by atoms with E-state index < -0.39 is 0 Å². The van der Waals surface area contributed by atoms with Crippen LogP contribution in [0, 0.1) is 0 Å². The van der Waals surface area contributed by atoms with Gasteiger partial charge in [-0.15, -0.1) is 11.3 Å². The molecule has 8 aromatic carbocycles. The molecule has 0 spiro atoms. The summed E-state index contributed by atoms with van der Waals surface area (Å²) in [6.07, 6.45) is 0. The summed E-state index contributed by atoms with van der Waals surface area (Å²) in [7, 11) is 0. The van der Waals surface area contributed by atoms with E-state index in [1.165, 1.54) is 52.8 Å². The summed E-state index contributed by atoms with van der Waals surface area (Å²) in [5.41, 5.74) is 9.52. The zero-order chi connectivity index (χ0) is 33.7. The van der Waals surface area contributed by atoms with Crippen LogP contribution in [0.25, 0.3) is 97.9 Å². The molecule has 3 heteroatoms.